The maximum atomic E-state index is 12.3. The van der Waals surface area contributed by atoms with E-state index in [9.17, 15) is 14.4 Å². The van der Waals surface area contributed by atoms with Gasteiger partial charge >= 0.3 is 0 Å². The summed E-state index contributed by atoms with van der Waals surface area (Å²) in [5, 5.41) is 2.64. The highest BCUT2D eigenvalue weighted by molar-refractivity contribution is 5.86. The zero-order valence-corrected chi connectivity index (χ0v) is 14.2. The standard InChI is InChI=1S/C16H28N4O3/c1-13(17-14(2)21)16(23)20-9-5-6-18(10-11-20)12-15(22)19-7-3-4-8-19/h13H,3-12H2,1-2H3,(H,17,21). The van der Waals surface area contributed by atoms with Gasteiger partial charge in [0.1, 0.15) is 6.04 Å². The van der Waals surface area contributed by atoms with Crippen molar-refractivity contribution in [3.05, 3.63) is 0 Å². The van der Waals surface area contributed by atoms with E-state index in [1.165, 1.54) is 6.92 Å². The van der Waals surface area contributed by atoms with E-state index in [0.717, 1.165) is 38.9 Å². The molecule has 1 unspecified atom stereocenters. The molecule has 7 heteroatoms. The Morgan fingerprint density at radius 3 is 2.22 bits per heavy atom. The van der Waals surface area contributed by atoms with E-state index >= 15 is 0 Å². The van der Waals surface area contributed by atoms with Gasteiger partial charge in [0, 0.05) is 46.2 Å². The summed E-state index contributed by atoms with van der Waals surface area (Å²) in [6, 6.07) is -0.495. The van der Waals surface area contributed by atoms with Crippen LogP contribution in [0.15, 0.2) is 0 Å². The van der Waals surface area contributed by atoms with Crippen LogP contribution in [-0.2, 0) is 14.4 Å². The lowest BCUT2D eigenvalue weighted by atomic mass is 10.2. The van der Waals surface area contributed by atoms with Gasteiger partial charge in [-0.2, -0.15) is 0 Å². The van der Waals surface area contributed by atoms with Crippen LogP contribution in [0.3, 0.4) is 0 Å². The number of nitrogens with one attached hydrogen (secondary N) is 1. The lowest BCUT2D eigenvalue weighted by Gasteiger charge is -2.25. The second kappa shape index (κ2) is 8.29. The van der Waals surface area contributed by atoms with Crippen LogP contribution in [0, 0.1) is 0 Å². The minimum absolute atomic E-state index is 0.0482. The fourth-order valence-corrected chi connectivity index (χ4v) is 3.25. The summed E-state index contributed by atoms with van der Waals surface area (Å²) in [5.74, 6) is -0.0414. The first-order valence-corrected chi connectivity index (χ1v) is 8.53. The second-order valence-electron chi connectivity index (χ2n) is 6.47. The zero-order valence-electron chi connectivity index (χ0n) is 14.2. The molecule has 0 spiro atoms. The summed E-state index contributed by atoms with van der Waals surface area (Å²) in [4.78, 5) is 41.5. The van der Waals surface area contributed by atoms with Crippen molar-refractivity contribution in [2.75, 3.05) is 45.8 Å². The van der Waals surface area contributed by atoms with Crippen molar-refractivity contribution in [1.82, 2.24) is 20.0 Å². The van der Waals surface area contributed by atoms with Crippen molar-refractivity contribution >= 4 is 17.7 Å². The molecule has 1 atom stereocenters. The minimum atomic E-state index is -0.495. The van der Waals surface area contributed by atoms with Crippen LogP contribution in [0.2, 0.25) is 0 Å². The average Bonchev–Trinajstić information content (AvgIpc) is 2.94. The minimum Gasteiger partial charge on any atom is -0.345 e. The van der Waals surface area contributed by atoms with Crippen molar-refractivity contribution in [2.24, 2.45) is 0 Å². The van der Waals surface area contributed by atoms with Gasteiger partial charge in [0.2, 0.25) is 17.7 Å². The highest BCUT2D eigenvalue weighted by Gasteiger charge is 2.26. The molecule has 0 saturated carbocycles. The predicted molar refractivity (Wildman–Crippen MR) is 86.7 cm³/mol. The number of rotatable bonds is 4. The number of amides is 3. The SMILES string of the molecule is CC(=O)NC(C)C(=O)N1CCCN(CC(=O)N2CCCC2)CC1. The molecule has 2 saturated heterocycles. The molecule has 0 aliphatic carbocycles. The molecule has 130 valence electrons. The highest BCUT2D eigenvalue weighted by atomic mass is 16.2. The van der Waals surface area contributed by atoms with Crippen molar-refractivity contribution in [3.8, 4) is 0 Å². The van der Waals surface area contributed by atoms with Crippen LogP contribution < -0.4 is 5.32 Å². The Labute approximate surface area is 138 Å². The number of nitrogens with zero attached hydrogens (tertiary/aromatic N) is 3. The van der Waals surface area contributed by atoms with E-state index < -0.39 is 6.04 Å². The maximum Gasteiger partial charge on any atom is 0.244 e. The summed E-state index contributed by atoms with van der Waals surface area (Å²) in [6.07, 6.45) is 3.07. The molecule has 1 N–H and O–H groups in total. The third-order valence-electron chi connectivity index (χ3n) is 4.51. The van der Waals surface area contributed by atoms with E-state index in [2.05, 4.69) is 10.2 Å². The van der Waals surface area contributed by atoms with Crippen LogP contribution in [0.5, 0.6) is 0 Å². The Balaban J connectivity index is 1.80. The average molecular weight is 324 g/mol. The molecule has 3 amide bonds. The van der Waals surface area contributed by atoms with Crippen LogP contribution in [0.25, 0.3) is 0 Å². The Bertz CT molecular complexity index is 449. The lowest BCUT2D eigenvalue weighted by Crippen LogP contribution is -2.47. The lowest BCUT2D eigenvalue weighted by molar-refractivity contribution is -0.135. The Morgan fingerprint density at radius 1 is 0.913 bits per heavy atom. The zero-order chi connectivity index (χ0) is 16.8. The highest BCUT2D eigenvalue weighted by Crippen LogP contribution is 2.10. The molecule has 2 aliphatic rings. The van der Waals surface area contributed by atoms with E-state index in [4.69, 9.17) is 0 Å². The first-order chi connectivity index (χ1) is 11.0. The van der Waals surface area contributed by atoms with Gasteiger partial charge in [-0.15, -0.1) is 0 Å². The van der Waals surface area contributed by atoms with Crippen LogP contribution in [0.4, 0.5) is 0 Å². The van der Waals surface area contributed by atoms with Gasteiger partial charge in [-0.1, -0.05) is 0 Å². The van der Waals surface area contributed by atoms with E-state index in [0.29, 0.717) is 26.2 Å². The number of likely N-dealkylation sites (tertiary alicyclic amines) is 1. The van der Waals surface area contributed by atoms with Gasteiger partial charge in [0.05, 0.1) is 6.54 Å². The molecule has 2 aliphatic heterocycles. The molecule has 2 fully saturated rings. The summed E-state index contributed by atoms with van der Waals surface area (Å²) >= 11 is 0. The maximum absolute atomic E-state index is 12.3. The fraction of sp³-hybridized carbons (Fsp3) is 0.812. The van der Waals surface area contributed by atoms with E-state index in [-0.39, 0.29) is 17.7 Å². The summed E-state index contributed by atoms with van der Waals surface area (Å²) in [7, 11) is 0. The Morgan fingerprint density at radius 2 is 1.57 bits per heavy atom. The van der Waals surface area contributed by atoms with Gasteiger partial charge in [0.25, 0.3) is 0 Å². The van der Waals surface area contributed by atoms with Gasteiger partial charge in [-0.25, -0.2) is 0 Å². The number of carbonyl (C=O) groups excluding carboxylic acids is 3. The molecular weight excluding hydrogens is 296 g/mol. The first kappa shape index (κ1) is 17.7. The third kappa shape index (κ3) is 5.20. The molecule has 7 nitrogen and oxygen atoms in total. The quantitative estimate of drug-likeness (QED) is 0.768. The normalized spacial score (nSPS) is 21.0. The second-order valence-corrected chi connectivity index (χ2v) is 6.47. The van der Waals surface area contributed by atoms with E-state index in [1.807, 2.05) is 4.90 Å². The van der Waals surface area contributed by atoms with Crippen molar-refractivity contribution in [3.63, 3.8) is 0 Å². The largest absolute Gasteiger partial charge is 0.345 e. The smallest absolute Gasteiger partial charge is 0.244 e. The molecule has 2 rings (SSSR count). The molecule has 2 heterocycles. The number of hydrogen-bond acceptors (Lipinski definition) is 4. The van der Waals surface area contributed by atoms with Crippen LogP contribution in [-0.4, -0.2) is 84.3 Å². The van der Waals surface area contributed by atoms with Gasteiger partial charge in [-0.05, 0) is 26.2 Å². The predicted octanol–water partition coefficient (Wildman–Crippen LogP) is -0.332. The summed E-state index contributed by atoms with van der Waals surface area (Å²) in [5.41, 5.74) is 0. The first-order valence-electron chi connectivity index (χ1n) is 8.53. The Hall–Kier alpha value is -1.63. The van der Waals surface area contributed by atoms with Crippen molar-refractivity contribution < 1.29 is 14.4 Å². The third-order valence-corrected chi connectivity index (χ3v) is 4.51. The molecular formula is C16H28N4O3. The van der Waals surface area contributed by atoms with E-state index in [1.54, 1.807) is 11.8 Å². The van der Waals surface area contributed by atoms with Gasteiger partial charge in [-0.3, -0.25) is 19.3 Å². The summed E-state index contributed by atoms with van der Waals surface area (Å²) in [6.45, 7) is 8.16. The van der Waals surface area contributed by atoms with Gasteiger partial charge < -0.3 is 15.1 Å². The molecule has 0 bridgehead atoms. The molecule has 0 aromatic rings. The topological polar surface area (TPSA) is 73.0 Å². The van der Waals surface area contributed by atoms with Crippen molar-refractivity contribution in [2.45, 2.75) is 39.2 Å². The van der Waals surface area contributed by atoms with Crippen LogP contribution in [0.1, 0.15) is 33.1 Å². The molecule has 0 aromatic heterocycles. The Kier molecular flexibility index (Phi) is 6.38. The fourth-order valence-electron chi connectivity index (χ4n) is 3.25. The van der Waals surface area contributed by atoms with Crippen LogP contribution >= 0.6 is 0 Å². The molecule has 0 aromatic carbocycles. The number of carbonyl (C=O) groups is 3. The number of hydrogen-bond donors (Lipinski definition) is 1. The monoisotopic (exact) mass is 324 g/mol. The van der Waals surface area contributed by atoms with Crippen molar-refractivity contribution in [1.29, 1.82) is 0 Å². The summed E-state index contributed by atoms with van der Waals surface area (Å²) < 4.78 is 0. The van der Waals surface area contributed by atoms with Gasteiger partial charge in [0.15, 0.2) is 0 Å². The molecule has 23 heavy (non-hydrogen) atoms. The molecule has 0 radical (unpaired) electrons.